The number of nitrogens with two attached hydrogens (primary N) is 1. The minimum Gasteiger partial charge on any atom is -0.412 e. The van der Waals surface area contributed by atoms with Crippen LogP contribution in [0.25, 0.3) is 0 Å². The van der Waals surface area contributed by atoms with E-state index in [1.54, 1.807) is 0 Å². The van der Waals surface area contributed by atoms with Crippen molar-refractivity contribution in [3.8, 4) is 0 Å². The van der Waals surface area contributed by atoms with Crippen molar-refractivity contribution in [3.63, 3.8) is 0 Å². The van der Waals surface area contributed by atoms with Gasteiger partial charge in [-0.1, -0.05) is 39.8 Å². The molecule has 0 bridgehead atoms. The number of hydrogen-bond acceptors (Lipinski definition) is 6. The van der Waals surface area contributed by atoms with Gasteiger partial charge in [0.05, 0.1) is 17.8 Å². The van der Waals surface area contributed by atoms with Crippen molar-refractivity contribution >= 4 is 20.1 Å². The van der Waals surface area contributed by atoms with Crippen molar-refractivity contribution in [3.05, 3.63) is 17.5 Å². The third kappa shape index (κ3) is 5.88. The van der Waals surface area contributed by atoms with Crippen LogP contribution in [0.4, 0.5) is 0 Å². The molecule has 1 fully saturated rings. The number of carbonyl (C=O) groups is 1. The van der Waals surface area contributed by atoms with Crippen LogP contribution in [0.3, 0.4) is 0 Å². The number of rotatable bonds is 8. The monoisotopic (exact) mass is 451 g/mol. The molecular weight excluding hydrogens is 410 g/mol. The number of nitrogens with zero attached hydrogens (tertiary/aromatic N) is 3. The summed E-state index contributed by atoms with van der Waals surface area (Å²) in [7, 11) is -2.00. The third-order valence-electron chi connectivity index (χ3n) is 6.41. The number of aromatic nitrogens is 1. The molecule has 1 aliphatic heterocycles. The molecule has 0 aromatic carbocycles. The Hall–Kier alpha value is -1.87. The molecule has 2 heterocycles. The van der Waals surface area contributed by atoms with Crippen LogP contribution in [0, 0.1) is 12.8 Å². The lowest BCUT2D eigenvalue weighted by Gasteiger charge is -2.38. The standard InChI is InChI=1S/C22H41N5O3Si/c1-10-24-25-20(23)17-12-16(30-31(8,9)22(5,6)7)13-27(17)21(28)19(14(2)3)18-11-15(4)26-29-18/h11,14,16-17,19,24H,10,12-13H2,1-9H3,(H2,23,25)/t16-,17+,19-/m1/s1. The lowest BCUT2D eigenvalue weighted by molar-refractivity contribution is -0.134. The van der Waals surface area contributed by atoms with Gasteiger partial charge in [-0.25, -0.2) is 0 Å². The highest BCUT2D eigenvalue weighted by molar-refractivity contribution is 6.74. The highest BCUT2D eigenvalue weighted by Crippen LogP contribution is 2.39. The van der Waals surface area contributed by atoms with Gasteiger partial charge in [-0.15, -0.1) is 0 Å². The number of aryl methyl sites for hydroxylation is 1. The number of likely N-dealkylation sites (tertiary alicyclic amines) is 1. The Labute approximate surface area is 188 Å². The molecule has 176 valence electrons. The van der Waals surface area contributed by atoms with E-state index in [0.717, 1.165) is 5.69 Å². The molecule has 9 heteroatoms. The average molecular weight is 452 g/mol. The van der Waals surface area contributed by atoms with Crippen LogP contribution in [0.2, 0.25) is 18.1 Å². The number of amides is 1. The van der Waals surface area contributed by atoms with Crippen molar-refractivity contribution in [2.45, 2.75) is 91.1 Å². The summed E-state index contributed by atoms with van der Waals surface area (Å²) >= 11 is 0. The van der Waals surface area contributed by atoms with Crippen molar-refractivity contribution in [1.82, 2.24) is 15.5 Å². The minimum absolute atomic E-state index is 0.0212. The van der Waals surface area contributed by atoms with Crippen LogP contribution >= 0.6 is 0 Å². The second-order valence-electron chi connectivity index (χ2n) is 10.4. The Morgan fingerprint density at radius 3 is 2.58 bits per heavy atom. The van der Waals surface area contributed by atoms with Gasteiger partial charge in [-0.05, 0) is 37.9 Å². The van der Waals surface area contributed by atoms with Gasteiger partial charge in [0, 0.05) is 25.6 Å². The molecule has 0 aliphatic carbocycles. The molecule has 8 nitrogen and oxygen atoms in total. The second-order valence-corrected chi connectivity index (χ2v) is 15.1. The topological polar surface area (TPSA) is 106 Å². The Morgan fingerprint density at radius 2 is 2.10 bits per heavy atom. The van der Waals surface area contributed by atoms with Crippen LogP contribution in [0.15, 0.2) is 15.7 Å². The SMILES string of the molecule is CCNN=C(N)[C@@H]1C[C@@H](O[Si](C)(C)C(C)(C)C)CN1C(=O)[C@@H](c1cc(C)no1)C(C)C. The molecule has 0 unspecified atom stereocenters. The van der Waals surface area contributed by atoms with Gasteiger partial charge < -0.3 is 25.0 Å². The van der Waals surface area contributed by atoms with Crippen LogP contribution in [0.1, 0.15) is 65.3 Å². The van der Waals surface area contributed by atoms with Crippen molar-refractivity contribution in [1.29, 1.82) is 0 Å². The van der Waals surface area contributed by atoms with Crippen molar-refractivity contribution < 1.29 is 13.7 Å². The summed E-state index contributed by atoms with van der Waals surface area (Å²) in [6.07, 6.45) is 0.564. The quantitative estimate of drug-likeness (QED) is 0.271. The van der Waals surface area contributed by atoms with E-state index in [9.17, 15) is 4.79 Å². The first-order chi connectivity index (χ1) is 14.3. The van der Waals surface area contributed by atoms with Gasteiger partial charge in [0.15, 0.2) is 8.32 Å². The number of carbonyl (C=O) groups excluding carboxylic acids is 1. The Bertz CT molecular complexity index is 784. The number of amidine groups is 1. The van der Waals surface area contributed by atoms with E-state index in [1.165, 1.54) is 0 Å². The molecule has 1 aromatic heterocycles. The van der Waals surface area contributed by atoms with Crippen LogP contribution in [0.5, 0.6) is 0 Å². The van der Waals surface area contributed by atoms with Gasteiger partial charge in [-0.3, -0.25) is 4.79 Å². The first-order valence-corrected chi connectivity index (χ1v) is 14.2. The molecule has 3 N–H and O–H groups in total. The maximum Gasteiger partial charge on any atom is 0.234 e. The zero-order valence-corrected chi connectivity index (χ0v) is 21.7. The van der Waals surface area contributed by atoms with Crippen LogP contribution in [-0.4, -0.2) is 55.4 Å². The highest BCUT2D eigenvalue weighted by Gasteiger charge is 2.46. The third-order valence-corrected chi connectivity index (χ3v) is 10.9. The van der Waals surface area contributed by atoms with E-state index in [0.29, 0.717) is 31.1 Å². The fraction of sp³-hybridized carbons (Fsp3) is 0.773. The molecule has 31 heavy (non-hydrogen) atoms. The summed E-state index contributed by atoms with van der Waals surface area (Å²) in [4.78, 5) is 15.6. The molecule has 1 amide bonds. The predicted octanol–water partition coefficient (Wildman–Crippen LogP) is 3.60. The first-order valence-electron chi connectivity index (χ1n) is 11.3. The highest BCUT2D eigenvalue weighted by atomic mass is 28.4. The summed E-state index contributed by atoms with van der Waals surface area (Å²) in [5, 5.41) is 8.36. The van der Waals surface area contributed by atoms with Crippen molar-refractivity contribution in [2.24, 2.45) is 16.8 Å². The summed E-state index contributed by atoms with van der Waals surface area (Å²) in [5.41, 5.74) is 10.0. The average Bonchev–Trinajstić information content (AvgIpc) is 3.24. The van der Waals surface area contributed by atoms with E-state index in [-0.39, 0.29) is 29.0 Å². The van der Waals surface area contributed by atoms with Gasteiger partial charge >= 0.3 is 0 Å². The summed E-state index contributed by atoms with van der Waals surface area (Å²) in [5.74, 6) is 0.599. The zero-order chi connectivity index (χ0) is 23.6. The summed E-state index contributed by atoms with van der Waals surface area (Å²) in [6.45, 7) is 20.1. The van der Waals surface area contributed by atoms with Gasteiger partial charge in [0.2, 0.25) is 5.91 Å². The lowest BCUT2D eigenvalue weighted by atomic mass is 9.91. The zero-order valence-electron chi connectivity index (χ0n) is 20.7. The van der Waals surface area contributed by atoms with Gasteiger partial charge in [0.1, 0.15) is 17.5 Å². The van der Waals surface area contributed by atoms with E-state index in [2.05, 4.69) is 49.5 Å². The maximum absolute atomic E-state index is 13.8. The Balaban J connectivity index is 2.34. The van der Waals surface area contributed by atoms with E-state index < -0.39 is 14.2 Å². The van der Waals surface area contributed by atoms with E-state index in [4.69, 9.17) is 14.7 Å². The first kappa shape index (κ1) is 25.4. The molecule has 0 spiro atoms. The molecule has 2 rings (SSSR count). The number of hydrazone groups is 1. The second kappa shape index (κ2) is 9.73. The normalized spacial score (nSPS) is 21.6. The molecule has 0 radical (unpaired) electrons. The molecule has 1 saturated heterocycles. The molecule has 0 saturated carbocycles. The van der Waals surface area contributed by atoms with Crippen LogP contribution < -0.4 is 11.2 Å². The lowest BCUT2D eigenvalue weighted by Crippen LogP contribution is -2.47. The predicted molar refractivity (Wildman–Crippen MR) is 126 cm³/mol. The minimum atomic E-state index is -2.00. The van der Waals surface area contributed by atoms with E-state index >= 15 is 0 Å². The molecule has 1 aromatic rings. The largest absolute Gasteiger partial charge is 0.412 e. The molecule has 3 atom stereocenters. The molecule has 1 aliphatic rings. The fourth-order valence-corrected chi connectivity index (χ4v) is 5.05. The summed E-state index contributed by atoms with van der Waals surface area (Å²) in [6, 6.07) is 1.53. The Kier molecular flexibility index (Phi) is 7.97. The van der Waals surface area contributed by atoms with Crippen LogP contribution in [-0.2, 0) is 9.22 Å². The Morgan fingerprint density at radius 1 is 1.45 bits per heavy atom. The number of nitrogens with one attached hydrogen (secondary N) is 1. The number of hydrogen-bond donors (Lipinski definition) is 2. The van der Waals surface area contributed by atoms with E-state index in [1.807, 2.05) is 38.7 Å². The summed E-state index contributed by atoms with van der Waals surface area (Å²) < 4.78 is 12.1. The fourth-order valence-electron chi connectivity index (χ4n) is 3.69. The van der Waals surface area contributed by atoms with Crippen molar-refractivity contribution in [2.75, 3.05) is 13.1 Å². The van der Waals surface area contributed by atoms with Gasteiger partial charge in [0.25, 0.3) is 0 Å². The van der Waals surface area contributed by atoms with Gasteiger partial charge in [-0.2, -0.15) is 5.10 Å². The smallest absolute Gasteiger partial charge is 0.234 e. The molecular formula is C22H41N5O3Si. The maximum atomic E-state index is 13.8.